The van der Waals surface area contributed by atoms with Crippen LogP contribution in [0.25, 0.3) is 0 Å². The molecule has 21 heavy (non-hydrogen) atoms. The molecule has 0 amide bonds. The quantitative estimate of drug-likeness (QED) is 0.869. The summed E-state index contributed by atoms with van der Waals surface area (Å²) < 4.78 is 10.6. The molecule has 0 aliphatic rings. The molecule has 7 nitrogen and oxygen atoms in total. The van der Waals surface area contributed by atoms with E-state index in [9.17, 15) is 5.26 Å². The predicted octanol–water partition coefficient (Wildman–Crippen LogP) is 2.15. The maximum absolute atomic E-state index is 9.22. The van der Waals surface area contributed by atoms with Gasteiger partial charge < -0.3 is 20.1 Å². The number of ether oxygens (including phenoxy) is 2. The van der Waals surface area contributed by atoms with E-state index in [-0.39, 0.29) is 0 Å². The first kappa shape index (κ1) is 14.4. The summed E-state index contributed by atoms with van der Waals surface area (Å²) in [5.41, 5.74) is 0.975. The van der Waals surface area contributed by atoms with Gasteiger partial charge in [0.15, 0.2) is 11.6 Å². The summed E-state index contributed by atoms with van der Waals surface area (Å²) in [5.74, 6) is 1.98. The molecule has 0 unspecified atom stereocenters. The van der Waals surface area contributed by atoms with Crippen molar-refractivity contribution >= 4 is 17.3 Å². The molecule has 0 aliphatic heterocycles. The smallest absolute Gasteiger partial charge is 0.204 e. The SMILES string of the molecule is CNc1ncnc(Nc2c(C#N)cccc2OC)c1OC. The minimum atomic E-state index is 0.442. The molecule has 1 aromatic carbocycles. The van der Waals surface area contributed by atoms with Gasteiger partial charge in [-0.2, -0.15) is 5.26 Å². The Morgan fingerprint density at radius 1 is 1.14 bits per heavy atom. The van der Waals surface area contributed by atoms with Gasteiger partial charge in [-0.3, -0.25) is 0 Å². The first-order valence-electron chi connectivity index (χ1n) is 6.16. The molecule has 0 spiro atoms. The lowest BCUT2D eigenvalue weighted by molar-refractivity contribution is 0.413. The van der Waals surface area contributed by atoms with Crippen LogP contribution in [0.1, 0.15) is 5.56 Å². The third-order valence-electron chi connectivity index (χ3n) is 2.85. The van der Waals surface area contributed by atoms with Crippen LogP contribution in [0.5, 0.6) is 11.5 Å². The Labute approximate surface area is 122 Å². The van der Waals surface area contributed by atoms with E-state index in [0.29, 0.717) is 34.4 Å². The van der Waals surface area contributed by atoms with E-state index in [4.69, 9.17) is 9.47 Å². The Morgan fingerprint density at radius 3 is 2.52 bits per heavy atom. The van der Waals surface area contributed by atoms with Gasteiger partial charge in [-0.1, -0.05) is 6.07 Å². The fourth-order valence-corrected chi connectivity index (χ4v) is 1.88. The molecule has 2 N–H and O–H groups in total. The average molecular weight is 285 g/mol. The first-order valence-corrected chi connectivity index (χ1v) is 6.16. The van der Waals surface area contributed by atoms with Gasteiger partial charge in [-0.05, 0) is 12.1 Å². The minimum Gasteiger partial charge on any atom is -0.495 e. The highest BCUT2D eigenvalue weighted by atomic mass is 16.5. The fourth-order valence-electron chi connectivity index (χ4n) is 1.88. The Balaban J connectivity index is 2.51. The monoisotopic (exact) mass is 285 g/mol. The third kappa shape index (κ3) is 2.79. The average Bonchev–Trinajstić information content (AvgIpc) is 2.54. The largest absolute Gasteiger partial charge is 0.495 e. The zero-order valence-electron chi connectivity index (χ0n) is 12.0. The summed E-state index contributed by atoms with van der Waals surface area (Å²) in [6.07, 6.45) is 1.40. The van der Waals surface area contributed by atoms with Crippen molar-refractivity contribution in [2.45, 2.75) is 0 Å². The number of nitrogens with one attached hydrogen (secondary N) is 2. The molecule has 0 atom stereocenters. The van der Waals surface area contributed by atoms with Gasteiger partial charge >= 0.3 is 0 Å². The molecular formula is C14H15N5O2. The van der Waals surface area contributed by atoms with Crippen molar-refractivity contribution in [3.8, 4) is 17.6 Å². The summed E-state index contributed by atoms with van der Waals surface area (Å²) >= 11 is 0. The van der Waals surface area contributed by atoms with E-state index in [1.807, 2.05) is 0 Å². The van der Waals surface area contributed by atoms with Crippen LogP contribution in [-0.2, 0) is 0 Å². The van der Waals surface area contributed by atoms with Gasteiger partial charge in [0.25, 0.3) is 0 Å². The van der Waals surface area contributed by atoms with E-state index in [2.05, 4.69) is 26.7 Å². The molecule has 1 heterocycles. The van der Waals surface area contributed by atoms with Gasteiger partial charge in [0.05, 0.1) is 19.8 Å². The van der Waals surface area contributed by atoms with Crippen molar-refractivity contribution in [2.24, 2.45) is 0 Å². The van der Waals surface area contributed by atoms with Crippen molar-refractivity contribution in [3.05, 3.63) is 30.1 Å². The van der Waals surface area contributed by atoms with Crippen LogP contribution >= 0.6 is 0 Å². The minimum absolute atomic E-state index is 0.442. The van der Waals surface area contributed by atoms with E-state index in [1.54, 1.807) is 25.2 Å². The number of hydrogen-bond donors (Lipinski definition) is 2. The molecular weight excluding hydrogens is 270 g/mol. The second kappa shape index (κ2) is 6.43. The number of methoxy groups -OCH3 is 2. The van der Waals surface area contributed by atoms with Crippen LogP contribution in [0.4, 0.5) is 17.3 Å². The normalized spacial score (nSPS) is 9.62. The van der Waals surface area contributed by atoms with Crippen LogP contribution in [-0.4, -0.2) is 31.2 Å². The molecule has 2 rings (SSSR count). The summed E-state index contributed by atoms with van der Waals surface area (Å²) in [5, 5.41) is 15.2. The number of aromatic nitrogens is 2. The molecule has 0 fully saturated rings. The molecule has 0 aliphatic carbocycles. The number of benzene rings is 1. The summed E-state index contributed by atoms with van der Waals surface area (Å²) in [6, 6.07) is 7.31. The van der Waals surface area contributed by atoms with Gasteiger partial charge in [-0.15, -0.1) is 0 Å². The van der Waals surface area contributed by atoms with Gasteiger partial charge in [-0.25, -0.2) is 9.97 Å². The number of rotatable bonds is 5. The summed E-state index contributed by atoms with van der Waals surface area (Å²) in [6.45, 7) is 0. The predicted molar refractivity (Wildman–Crippen MR) is 79.1 cm³/mol. The maximum Gasteiger partial charge on any atom is 0.204 e. The standard InChI is InChI=1S/C14H15N5O2/c1-16-13-12(21-3)14(18-8-17-13)19-11-9(7-15)5-4-6-10(11)20-2/h4-6,8H,1-3H3,(H2,16,17,18,19). The molecule has 0 saturated heterocycles. The van der Waals surface area contributed by atoms with Crippen LogP contribution in [0, 0.1) is 11.3 Å². The lowest BCUT2D eigenvalue weighted by Gasteiger charge is -2.15. The van der Waals surface area contributed by atoms with Crippen LogP contribution in [0.15, 0.2) is 24.5 Å². The Bertz CT molecular complexity index is 682. The number of para-hydroxylation sites is 1. The number of nitriles is 1. The molecule has 7 heteroatoms. The highest BCUT2D eigenvalue weighted by Crippen LogP contribution is 2.35. The summed E-state index contributed by atoms with van der Waals surface area (Å²) in [4.78, 5) is 8.22. The lowest BCUT2D eigenvalue weighted by Crippen LogP contribution is -2.05. The lowest BCUT2D eigenvalue weighted by atomic mass is 10.1. The zero-order valence-corrected chi connectivity index (χ0v) is 12.0. The Hall–Kier alpha value is -3.01. The topological polar surface area (TPSA) is 92.1 Å². The van der Waals surface area contributed by atoms with Crippen LogP contribution < -0.4 is 20.1 Å². The third-order valence-corrected chi connectivity index (χ3v) is 2.85. The van der Waals surface area contributed by atoms with Crippen molar-refractivity contribution in [3.63, 3.8) is 0 Å². The highest BCUT2D eigenvalue weighted by molar-refractivity contribution is 5.76. The summed E-state index contributed by atoms with van der Waals surface area (Å²) in [7, 11) is 4.80. The van der Waals surface area contributed by atoms with E-state index < -0.39 is 0 Å². The van der Waals surface area contributed by atoms with Gasteiger partial charge in [0.1, 0.15) is 23.8 Å². The van der Waals surface area contributed by atoms with Gasteiger partial charge in [0, 0.05) is 7.05 Å². The second-order valence-corrected chi connectivity index (χ2v) is 3.97. The van der Waals surface area contributed by atoms with Crippen molar-refractivity contribution in [2.75, 3.05) is 31.9 Å². The van der Waals surface area contributed by atoms with E-state index >= 15 is 0 Å². The van der Waals surface area contributed by atoms with Gasteiger partial charge in [0.2, 0.25) is 5.75 Å². The Kier molecular flexibility index (Phi) is 4.41. The second-order valence-electron chi connectivity index (χ2n) is 3.97. The van der Waals surface area contributed by atoms with Crippen molar-refractivity contribution in [1.29, 1.82) is 5.26 Å². The van der Waals surface area contributed by atoms with E-state index in [1.165, 1.54) is 20.5 Å². The molecule has 1 aromatic heterocycles. The number of nitrogens with zero attached hydrogens (tertiary/aromatic N) is 3. The molecule has 2 aromatic rings. The number of anilines is 3. The molecule has 0 saturated carbocycles. The fraction of sp³-hybridized carbons (Fsp3) is 0.214. The zero-order chi connectivity index (χ0) is 15.2. The van der Waals surface area contributed by atoms with Crippen LogP contribution in [0.2, 0.25) is 0 Å². The number of hydrogen-bond acceptors (Lipinski definition) is 7. The first-order chi connectivity index (χ1) is 10.2. The highest BCUT2D eigenvalue weighted by Gasteiger charge is 2.15. The van der Waals surface area contributed by atoms with Crippen molar-refractivity contribution < 1.29 is 9.47 Å². The maximum atomic E-state index is 9.22. The molecule has 0 radical (unpaired) electrons. The molecule has 108 valence electrons. The Morgan fingerprint density at radius 2 is 1.90 bits per heavy atom. The van der Waals surface area contributed by atoms with E-state index in [0.717, 1.165) is 0 Å². The molecule has 0 bridgehead atoms. The van der Waals surface area contributed by atoms with Crippen molar-refractivity contribution in [1.82, 2.24) is 9.97 Å². The van der Waals surface area contributed by atoms with Crippen LogP contribution in [0.3, 0.4) is 0 Å².